The van der Waals surface area contributed by atoms with Crippen molar-refractivity contribution < 1.29 is 32.6 Å². The van der Waals surface area contributed by atoms with Gasteiger partial charge >= 0.3 is 6.18 Å². The maximum Gasteiger partial charge on any atom is 0.406 e. The SMILES string of the molecule is O=C(c1ccc(F)cc1O)N(CCO)CC(F)(F)F. The van der Waals surface area contributed by atoms with Crippen LogP contribution in [0.15, 0.2) is 18.2 Å². The predicted molar refractivity (Wildman–Crippen MR) is 57.1 cm³/mol. The molecule has 106 valence electrons. The third-order valence-corrected chi connectivity index (χ3v) is 2.22. The maximum atomic E-state index is 12.7. The summed E-state index contributed by atoms with van der Waals surface area (Å²) in [6.45, 7) is -2.78. The number of nitrogens with zero attached hydrogens (tertiary/aromatic N) is 1. The Labute approximate surface area is 105 Å². The van der Waals surface area contributed by atoms with Crippen LogP contribution in [0.3, 0.4) is 0 Å². The van der Waals surface area contributed by atoms with Crippen LogP contribution in [0, 0.1) is 5.82 Å². The number of hydrogen-bond acceptors (Lipinski definition) is 3. The van der Waals surface area contributed by atoms with Crippen molar-refractivity contribution >= 4 is 5.91 Å². The normalized spacial score (nSPS) is 11.4. The van der Waals surface area contributed by atoms with Crippen molar-refractivity contribution in [2.24, 2.45) is 0 Å². The van der Waals surface area contributed by atoms with E-state index in [1.807, 2.05) is 0 Å². The molecule has 0 saturated carbocycles. The van der Waals surface area contributed by atoms with Gasteiger partial charge in [0.05, 0.1) is 12.2 Å². The summed E-state index contributed by atoms with van der Waals surface area (Å²) in [6.07, 6.45) is -4.64. The first-order chi connectivity index (χ1) is 8.74. The second-order valence-corrected chi connectivity index (χ2v) is 3.73. The smallest absolute Gasteiger partial charge is 0.406 e. The Bertz CT molecular complexity index is 462. The summed E-state index contributed by atoms with van der Waals surface area (Å²) >= 11 is 0. The average molecular weight is 281 g/mol. The van der Waals surface area contributed by atoms with E-state index >= 15 is 0 Å². The largest absolute Gasteiger partial charge is 0.507 e. The summed E-state index contributed by atoms with van der Waals surface area (Å²) in [5.74, 6) is -2.71. The Morgan fingerprint density at radius 1 is 1.32 bits per heavy atom. The molecule has 0 bridgehead atoms. The van der Waals surface area contributed by atoms with Gasteiger partial charge in [-0.05, 0) is 12.1 Å². The van der Waals surface area contributed by atoms with Gasteiger partial charge in [0.2, 0.25) is 0 Å². The highest BCUT2D eigenvalue weighted by molar-refractivity contribution is 5.96. The number of phenolic OH excluding ortho intramolecular Hbond substituents is 1. The molecule has 1 aromatic rings. The highest BCUT2D eigenvalue weighted by Gasteiger charge is 2.33. The van der Waals surface area contributed by atoms with Crippen LogP contribution in [-0.4, -0.2) is 46.9 Å². The highest BCUT2D eigenvalue weighted by Crippen LogP contribution is 2.22. The molecule has 0 aliphatic heterocycles. The third kappa shape index (κ3) is 4.40. The van der Waals surface area contributed by atoms with Crippen molar-refractivity contribution in [3.63, 3.8) is 0 Å². The van der Waals surface area contributed by atoms with Gasteiger partial charge in [-0.15, -0.1) is 0 Å². The van der Waals surface area contributed by atoms with Gasteiger partial charge in [0.15, 0.2) is 0 Å². The first-order valence-electron chi connectivity index (χ1n) is 5.20. The second kappa shape index (κ2) is 5.87. The zero-order valence-electron chi connectivity index (χ0n) is 9.62. The Hall–Kier alpha value is -1.83. The van der Waals surface area contributed by atoms with Crippen molar-refractivity contribution in [2.75, 3.05) is 19.7 Å². The summed E-state index contributed by atoms with van der Waals surface area (Å²) in [5, 5.41) is 18.0. The van der Waals surface area contributed by atoms with Crippen LogP contribution in [0.25, 0.3) is 0 Å². The van der Waals surface area contributed by atoms with Crippen molar-refractivity contribution in [3.05, 3.63) is 29.6 Å². The molecule has 1 rings (SSSR count). The fraction of sp³-hybridized carbons (Fsp3) is 0.364. The Morgan fingerprint density at radius 2 is 1.95 bits per heavy atom. The number of carbonyl (C=O) groups excluding carboxylic acids is 1. The van der Waals surface area contributed by atoms with Gasteiger partial charge < -0.3 is 15.1 Å². The van der Waals surface area contributed by atoms with E-state index in [-0.39, 0.29) is 0 Å². The van der Waals surface area contributed by atoms with Gasteiger partial charge in [0.25, 0.3) is 5.91 Å². The number of phenols is 1. The molecule has 0 saturated heterocycles. The quantitative estimate of drug-likeness (QED) is 0.823. The molecule has 0 aliphatic rings. The lowest BCUT2D eigenvalue weighted by atomic mass is 10.1. The molecule has 0 radical (unpaired) electrons. The van der Waals surface area contributed by atoms with Gasteiger partial charge in [0.1, 0.15) is 18.1 Å². The van der Waals surface area contributed by atoms with E-state index in [2.05, 4.69) is 0 Å². The number of halogens is 4. The molecule has 0 aliphatic carbocycles. The van der Waals surface area contributed by atoms with Crippen LogP contribution < -0.4 is 0 Å². The molecule has 0 fully saturated rings. The average Bonchev–Trinajstić information content (AvgIpc) is 2.26. The van der Waals surface area contributed by atoms with Crippen molar-refractivity contribution in [2.45, 2.75) is 6.18 Å². The molecule has 0 atom stereocenters. The van der Waals surface area contributed by atoms with Gasteiger partial charge in [-0.2, -0.15) is 13.2 Å². The Morgan fingerprint density at radius 3 is 2.42 bits per heavy atom. The van der Waals surface area contributed by atoms with Gasteiger partial charge in [-0.1, -0.05) is 0 Å². The zero-order valence-corrected chi connectivity index (χ0v) is 9.62. The second-order valence-electron chi connectivity index (χ2n) is 3.73. The molecule has 0 heterocycles. The lowest BCUT2D eigenvalue weighted by Crippen LogP contribution is -2.40. The molecule has 2 N–H and O–H groups in total. The monoisotopic (exact) mass is 281 g/mol. The highest BCUT2D eigenvalue weighted by atomic mass is 19.4. The standard InChI is InChI=1S/C11H11F4NO3/c12-7-1-2-8(9(18)5-7)10(19)16(3-4-17)6-11(13,14)15/h1-2,5,17-18H,3-4,6H2. The molecule has 1 amide bonds. The van der Waals surface area contributed by atoms with E-state index < -0.39 is 48.9 Å². The Balaban J connectivity index is 2.99. The topological polar surface area (TPSA) is 60.8 Å². The summed E-state index contributed by atoms with van der Waals surface area (Å²) in [5.41, 5.74) is -0.459. The molecular formula is C11H11F4NO3. The fourth-order valence-corrected chi connectivity index (χ4v) is 1.45. The first-order valence-corrected chi connectivity index (χ1v) is 5.20. The number of benzene rings is 1. The molecule has 0 aromatic heterocycles. The number of aliphatic hydroxyl groups excluding tert-OH is 1. The summed E-state index contributed by atoms with van der Waals surface area (Å²) in [7, 11) is 0. The van der Waals surface area contributed by atoms with Gasteiger partial charge in [-0.3, -0.25) is 4.79 Å². The summed E-state index contributed by atoms with van der Waals surface area (Å²) < 4.78 is 49.5. The van der Waals surface area contributed by atoms with E-state index in [1.165, 1.54) is 0 Å². The number of hydrogen-bond donors (Lipinski definition) is 2. The number of aliphatic hydroxyl groups is 1. The van der Waals surface area contributed by atoms with Crippen LogP contribution in [0.1, 0.15) is 10.4 Å². The zero-order chi connectivity index (χ0) is 14.6. The predicted octanol–water partition coefficient (Wildman–Crippen LogP) is 1.53. The van der Waals surface area contributed by atoms with Crippen LogP contribution in [-0.2, 0) is 0 Å². The van der Waals surface area contributed by atoms with Crippen LogP contribution in [0.4, 0.5) is 17.6 Å². The molecule has 0 spiro atoms. The van der Waals surface area contributed by atoms with Crippen molar-refractivity contribution in [3.8, 4) is 5.75 Å². The van der Waals surface area contributed by atoms with Crippen LogP contribution in [0.5, 0.6) is 5.75 Å². The van der Waals surface area contributed by atoms with Crippen molar-refractivity contribution in [1.29, 1.82) is 0 Å². The molecule has 8 heteroatoms. The van der Waals surface area contributed by atoms with E-state index in [1.54, 1.807) is 0 Å². The van der Waals surface area contributed by atoms with Crippen molar-refractivity contribution in [1.82, 2.24) is 4.90 Å². The van der Waals surface area contributed by atoms with E-state index in [0.29, 0.717) is 11.0 Å². The molecule has 1 aromatic carbocycles. The summed E-state index contributed by atoms with van der Waals surface area (Å²) in [6, 6.07) is 2.35. The van der Waals surface area contributed by atoms with E-state index in [0.717, 1.165) is 12.1 Å². The number of amides is 1. The van der Waals surface area contributed by atoms with Crippen LogP contribution in [0.2, 0.25) is 0 Å². The number of aromatic hydroxyl groups is 1. The molecular weight excluding hydrogens is 270 g/mol. The Kier molecular flexibility index (Phi) is 4.71. The minimum Gasteiger partial charge on any atom is -0.507 e. The minimum absolute atomic E-state index is 0.326. The van der Waals surface area contributed by atoms with Crippen LogP contribution >= 0.6 is 0 Å². The molecule has 0 unspecified atom stereocenters. The number of rotatable bonds is 4. The van der Waals surface area contributed by atoms with Gasteiger partial charge in [-0.25, -0.2) is 4.39 Å². The lowest BCUT2D eigenvalue weighted by molar-refractivity contribution is -0.141. The van der Waals surface area contributed by atoms with Gasteiger partial charge in [0, 0.05) is 12.6 Å². The van der Waals surface area contributed by atoms with E-state index in [4.69, 9.17) is 5.11 Å². The lowest BCUT2D eigenvalue weighted by Gasteiger charge is -2.23. The maximum absolute atomic E-state index is 12.7. The summed E-state index contributed by atoms with van der Waals surface area (Å²) in [4.78, 5) is 12.1. The van der Waals surface area contributed by atoms with E-state index in [9.17, 15) is 27.5 Å². The number of alkyl halides is 3. The fourth-order valence-electron chi connectivity index (χ4n) is 1.45. The molecule has 4 nitrogen and oxygen atoms in total. The molecule has 19 heavy (non-hydrogen) atoms. The third-order valence-electron chi connectivity index (χ3n) is 2.22. The first kappa shape index (κ1) is 15.2. The number of carbonyl (C=O) groups is 1. The minimum atomic E-state index is -4.64.